The van der Waals surface area contributed by atoms with Crippen LogP contribution in [0.4, 0.5) is 17.1 Å². The van der Waals surface area contributed by atoms with Gasteiger partial charge in [-0.05, 0) is 61.4 Å². The van der Waals surface area contributed by atoms with Crippen LogP contribution in [0.15, 0.2) is 48.5 Å². The second-order valence-corrected chi connectivity index (χ2v) is 7.72. The van der Waals surface area contributed by atoms with Gasteiger partial charge in [-0.1, -0.05) is 18.2 Å². The van der Waals surface area contributed by atoms with Gasteiger partial charge in [-0.15, -0.1) is 28.6 Å². The number of anilines is 3. The van der Waals surface area contributed by atoms with E-state index >= 15 is 0 Å². The van der Waals surface area contributed by atoms with Gasteiger partial charge in [-0.25, -0.2) is 0 Å². The maximum Gasteiger partial charge on any atom is 0.0329 e. The van der Waals surface area contributed by atoms with Crippen LogP contribution in [0.2, 0.25) is 0 Å². The molecule has 1 heterocycles. The van der Waals surface area contributed by atoms with Crippen molar-refractivity contribution in [2.45, 2.75) is 31.1 Å². The topological polar surface area (TPSA) is 6.48 Å². The molecular formula is C23H20IrN2-2. The first-order chi connectivity index (χ1) is 12.3. The third-order valence-electron chi connectivity index (χ3n) is 6.34. The van der Waals surface area contributed by atoms with E-state index < -0.39 is 0 Å². The van der Waals surface area contributed by atoms with Gasteiger partial charge in [0.1, 0.15) is 0 Å². The summed E-state index contributed by atoms with van der Waals surface area (Å²) >= 11 is 0. The first kappa shape index (κ1) is 16.4. The van der Waals surface area contributed by atoms with E-state index in [1.165, 1.54) is 41.4 Å². The molecule has 3 heteroatoms. The van der Waals surface area contributed by atoms with Crippen LogP contribution in [0, 0.1) is 12.7 Å². The third kappa shape index (κ3) is 2.20. The molecule has 2 bridgehead atoms. The molecule has 133 valence electrons. The van der Waals surface area contributed by atoms with Gasteiger partial charge in [0.25, 0.3) is 0 Å². The van der Waals surface area contributed by atoms with Crippen molar-refractivity contribution in [1.29, 1.82) is 0 Å². The first-order valence-corrected chi connectivity index (χ1v) is 9.23. The van der Waals surface area contributed by atoms with Gasteiger partial charge in [0, 0.05) is 31.5 Å². The van der Waals surface area contributed by atoms with Crippen molar-refractivity contribution in [3.8, 4) is 0 Å². The number of rotatable bonds is 1. The Hall–Kier alpha value is -1.83. The first-order valence-electron chi connectivity index (χ1n) is 9.23. The molecule has 1 saturated carbocycles. The SMILES string of the molecule is CN1[CH-]N(c2[c-]cc3ccccc3c2)c2cc3c(cc21)C1CCC3C1.[Ir]. The quantitative estimate of drug-likeness (QED) is 0.383. The molecule has 0 N–H and O–H groups in total. The molecule has 3 aromatic carbocycles. The smallest absolute Gasteiger partial charge is 0.0329 e. The Morgan fingerprint density at radius 3 is 2.42 bits per heavy atom. The summed E-state index contributed by atoms with van der Waals surface area (Å²) in [5, 5.41) is 2.51. The molecule has 2 nitrogen and oxygen atoms in total. The van der Waals surface area contributed by atoms with E-state index in [4.69, 9.17) is 0 Å². The molecule has 26 heavy (non-hydrogen) atoms. The molecule has 0 aromatic heterocycles. The van der Waals surface area contributed by atoms with E-state index in [1.807, 2.05) is 0 Å². The van der Waals surface area contributed by atoms with Gasteiger partial charge in [-0.2, -0.15) is 18.8 Å². The number of fused-ring (bicyclic) bond motifs is 7. The molecule has 1 fully saturated rings. The number of benzene rings is 3. The molecule has 0 saturated heterocycles. The minimum Gasteiger partial charge on any atom is -0.504 e. The predicted molar refractivity (Wildman–Crippen MR) is 103 cm³/mol. The Labute approximate surface area is 168 Å². The van der Waals surface area contributed by atoms with Crippen LogP contribution in [0.5, 0.6) is 0 Å². The summed E-state index contributed by atoms with van der Waals surface area (Å²) in [6.07, 6.45) is 4.12. The second kappa shape index (κ2) is 5.84. The zero-order valence-electron chi connectivity index (χ0n) is 14.7. The van der Waals surface area contributed by atoms with Crippen molar-refractivity contribution in [3.05, 3.63) is 72.4 Å². The average molecular weight is 517 g/mol. The van der Waals surface area contributed by atoms with Crippen molar-refractivity contribution < 1.29 is 20.1 Å². The second-order valence-electron chi connectivity index (χ2n) is 7.72. The van der Waals surface area contributed by atoms with Gasteiger partial charge in [-0.3, -0.25) is 0 Å². The zero-order valence-corrected chi connectivity index (χ0v) is 17.1. The molecule has 2 atom stereocenters. The monoisotopic (exact) mass is 517 g/mol. The summed E-state index contributed by atoms with van der Waals surface area (Å²) in [5.74, 6) is 1.60. The number of hydrogen-bond donors (Lipinski definition) is 0. The fourth-order valence-corrected chi connectivity index (χ4v) is 5.08. The van der Waals surface area contributed by atoms with Gasteiger partial charge >= 0.3 is 0 Å². The van der Waals surface area contributed by atoms with Gasteiger partial charge < -0.3 is 9.80 Å². The molecule has 6 rings (SSSR count). The number of hydrogen-bond acceptors (Lipinski definition) is 2. The molecule has 3 aliphatic rings. The molecule has 2 aliphatic carbocycles. The Bertz CT molecular complexity index is 1010. The van der Waals surface area contributed by atoms with Crippen molar-refractivity contribution in [3.63, 3.8) is 0 Å². The Morgan fingerprint density at radius 2 is 1.65 bits per heavy atom. The van der Waals surface area contributed by atoms with Gasteiger partial charge in [0.2, 0.25) is 0 Å². The Kier molecular flexibility index (Phi) is 3.67. The van der Waals surface area contributed by atoms with Crippen LogP contribution in [-0.2, 0) is 20.1 Å². The Morgan fingerprint density at radius 1 is 0.962 bits per heavy atom. The van der Waals surface area contributed by atoms with Crippen LogP contribution in [-0.4, -0.2) is 7.05 Å². The van der Waals surface area contributed by atoms with Crippen LogP contribution in [0.1, 0.15) is 42.2 Å². The average Bonchev–Trinajstić information content (AvgIpc) is 3.34. The molecule has 1 radical (unpaired) electrons. The summed E-state index contributed by atoms with van der Waals surface area (Å²) in [5.41, 5.74) is 6.96. The summed E-state index contributed by atoms with van der Waals surface area (Å²) < 4.78 is 0. The molecule has 2 unspecified atom stereocenters. The summed E-state index contributed by atoms with van der Waals surface area (Å²) in [6.45, 7) is 2.20. The fourth-order valence-electron chi connectivity index (χ4n) is 5.08. The summed E-state index contributed by atoms with van der Waals surface area (Å²) in [7, 11) is 2.15. The van der Waals surface area contributed by atoms with Crippen molar-refractivity contribution in [2.75, 3.05) is 16.8 Å². The van der Waals surface area contributed by atoms with Crippen LogP contribution >= 0.6 is 0 Å². The fraction of sp³-hybridized carbons (Fsp3) is 0.261. The molecule has 0 amide bonds. The zero-order chi connectivity index (χ0) is 16.5. The van der Waals surface area contributed by atoms with Crippen molar-refractivity contribution >= 4 is 27.8 Å². The minimum absolute atomic E-state index is 0. The molecule has 3 aromatic rings. The molecule has 1 aliphatic heterocycles. The normalized spacial score (nSPS) is 22.5. The van der Waals surface area contributed by atoms with Gasteiger partial charge in [0.15, 0.2) is 0 Å². The summed E-state index contributed by atoms with van der Waals surface area (Å²) in [6, 6.07) is 21.2. The predicted octanol–water partition coefficient (Wildman–Crippen LogP) is 5.71. The third-order valence-corrected chi connectivity index (χ3v) is 6.34. The van der Waals surface area contributed by atoms with E-state index in [-0.39, 0.29) is 20.1 Å². The maximum absolute atomic E-state index is 3.48. The van der Waals surface area contributed by atoms with Crippen LogP contribution < -0.4 is 9.80 Å². The summed E-state index contributed by atoms with van der Waals surface area (Å²) in [4.78, 5) is 4.55. The van der Waals surface area contributed by atoms with Crippen molar-refractivity contribution in [1.82, 2.24) is 0 Å². The molecule has 0 spiro atoms. The molecular weight excluding hydrogens is 496 g/mol. The standard InChI is InChI=1S/C23H20N2.Ir/c1-24-14-25(19-9-8-15-4-2-3-5-16(15)11-19)23-13-21-18-7-6-17(10-18)20(21)12-22(23)24;/h2-5,8,11-14,17-18H,6-7,10H2,1H3;/q-2;. The van der Waals surface area contributed by atoms with E-state index in [0.29, 0.717) is 0 Å². The van der Waals surface area contributed by atoms with Crippen LogP contribution in [0.3, 0.4) is 0 Å². The van der Waals surface area contributed by atoms with Gasteiger partial charge in [0.05, 0.1) is 0 Å². The largest absolute Gasteiger partial charge is 0.504 e. The number of nitrogens with zero attached hydrogens (tertiary/aromatic N) is 2. The van der Waals surface area contributed by atoms with E-state index in [2.05, 4.69) is 78.1 Å². The minimum atomic E-state index is 0. The van der Waals surface area contributed by atoms with E-state index in [1.54, 1.807) is 11.1 Å². The van der Waals surface area contributed by atoms with Crippen LogP contribution in [0.25, 0.3) is 10.8 Å². The van der Waals surface area contributed by atoms with E-state index in [0.717, 1.165) is 17.5 Å². The van der Waals surface area contributed by atoms with Crippen molar-refractivity contribution in [2.24, 2.45) is 0 Å². The Balaban J connectivity index is 0.00000150. The van der Waals surface area contributed by atoms with E-state index in [9.17, 15) is 0 Å². The maximum atomic E-state index is 3.48.